The van der Waals surface area contributed by atoms with Crippen LogP contribution in [-0.2, 0) is 19.1 Å². The molecule has 0 saturated carbocycles. The third-order valence-corrected chi connectivity index (χ3v) is 3.20. The molecule has 1 amide bonds. The molecule has 18 heavy (non-hydrogen) atoms. The van der Waals surface area contributed by atoms with Gasteiger partial charge in [-0.25, -0.2) is 0 Å². The number of carbonyl (C=O) groups excluding carboxylic acids is 2. The lowest BCUT2D eigenvalue weighted by atomic mass is 10.0. The molecule has 1 aliphatic heterocycles. The van der Waals surface area contributed by atoms with Crippen molar-refractivity contribution in [1.29, 1.82) is 0 Å². The monoisotopic (exact) mass is 258 g/mol. The Bertz CT molecular complexity index is 296. The minimum Gasteiger partial charge on any atom is -0.468 e. The van der Waals surface area contributed by atoms with Gasteiger partial charge in [0.2, 0.25) is 5.91 Å². The summed E-state index contributed by atoms with van der Waals surface area (Å²) in [4.78, 5) is 25.0. The molecule has 1 fully saturated rings. The Hall–Kier alpha value is -1.14. The highest BCUT2D eigenvalue weighted by atomic mass is 16.5. The van der Waals surface area contributed by atoms with E-state index in [1.54, 1.807) is 0 Å². The van der Waals surface area contributed by atoms with Crippen LogP contribution < -0.4 is 5.73 Å². The van der Waals surface area contributed by atoms with Crippen molar-refractivity contribution in [3.8, 4) is 0 Å². The summed E-state index contributed by atoms with van der Waals surface area (Å²) in [6.45, 7) is 3.33. The molecule has 1 heterocycles. The summed E-state index contributed by atoms with van der Waals surface area (Å²) in [6.07, 6.45) is 2.56. The molecule has 0 aromatic rings. The summed E-state index contributed by atoms with van der Waals surface area (Å²) in [5, 5.41) is 0. The second kappa shape index (κ2) is 7.33. The first-order valence-corrected chi connectivity index (χ1v) is 6.32. The quantitative estimate of drug-likeness (QED) is 0.673. The number of methoxy groups -OCH3 is 1. The Balaban J connectivity index is 2.79. The van der Waals surface area contributed by atoms with Gasteiger partial charge in [0, 0.05) is 6.54 Å². The van der Waals surface area contributed by atoms with Crippen molar-refractivity contribution in [2.75, 3.05) is 26.9 Å². The van der Waals surface area contributed by atoms with Crippen LogP contribution in [0.4, 0.5) is 0 Å². The summed E-state index contributed by atoms with van der Waals surface area (Å²) in [5.74, 6) is -0.767. The standard InChI is InChI=1S/C12H22N2O4/c1-3-4-5-9(12(16)17-2)14-6-7-18-8-10(14)11(13)15/h9-10H,3-8H2,1-2H3,(H2,13,15). The molecule has 2 N–H and O–H groups in total. The summed E-state index contributed by atoms with van der Waals surface area (Å²) in [6, 6.07) is -0.948. The molecule has 1 rings (SSSR count). The molecule has 0 spiro atoms. The molecule has 0 bridgehead atoms. The summed E-state index contributed by atoms with van der Waals surface area (Å²) >= 11 is 0. The first kappa shape index (κ1) is 14.9. The Morgan fingerprint density at radius 2 is 2.28 bits per heavy atom. The van der Waals surface area contributed by atoms with E-state index in [0.717, 1.165) is 12.8 Å². The SMILES string of the molecule is CCCCC(C(=O)OC)N1CCOCC1C(N)=O. The van der Waals surface area contributed by atoms with E-state index in [0.29, 0.717) is 19.6 Å². The van der Waals surface area contributed by atoms with Crippen molar-refractivity contribution in [2.45, 2.75) is 38.3 Å². The second-order valence-electron chi connectivity index (χ2n) is 4.41. The van der Waals surface area contributed by atoms with Gasteiger partial charge < -0.3 is 15.2 Å². The average Bonchev–Trinajstić information content (AvgIpc) is 2.39. The molecule has 1 aliphatic rings. The number of morpholine rings is 1. The van der Waals surface area contributed by atoms with Crippen LogP contribution in [0.15, 0.2) is 0 Å². The predicted molar refractivity (Wildman–Crippen MR) is 65.8 cm³/mol. The normalized spacial score (nSPS) is 22.4. The maximum atomic E-state index is 11.8. The highest BCUT2D eigenvalue weighted by molar-refractivity contribution is 5.82. The van der Waals surface area contributed by atoms with E-state index in [2.05, 4.69) is 6.92 Å². The number of primary amides is 1. The molecule has 0 radical (unpaired) electrons. The summed E-state index contributed by atoms with van der Waals surface area (Å²) in [7, 11) is 1.36. The van der Waals surface area contributed by atoms with Crippen molar-refractivity contribution in [3.05, 3.63) is 0 Å². The highest BCUT2D eigenvalue weighted by Gasteiger charge is 2.36. The van der Waals surface area contributed by atoms with E-state index in [4.69, 9.17) is 15.2 Å². The van der Waals surface area contributed by atoms with Crippen LogP contribution in [0.1, 0.15) is 26.2 Å². The van der Waals surface area contributed by atoms with E-state index in [-0.39, 0.29) is 12.6 Å². The summed E-state index contributed by atoms with van der Waals surface area (Å²) < 4.78 is 10.1. The average molecular weight is 258 g/mol. The molecule has 2 unspecified atom stereocenters. The van der Waals surface area contributed by atoms with Crippen molar-refractivity contribution in [1.82, 2.24) is 4.90 Å². The Labute approximate surface area is 107 Å². The van der Waals surface area contributed by atoms with Gasteiger partial charge in [-0.2, -0.15) is 0 Å². The van der Waals surface area contributed by atoms with Gasteiger partial charge in [0.15, 0.2) is 0 Å². The van der Waals surface area contributed by atoms with Gasteiger partial charge in [-0.1, -0.05) is 19.8 Å². The first-order valence-electron chi connectivity index (χ1n) is 6.32. The number of ether oxygens (including phenoxy) is 2. The number of unbranched alkanes of at least 4 members (excludes halogenated alkanes) is 1. The van der Waals surface area contributed by atoms with Crippen molar-refractivity contribution in [2.24, 2.45) is 5.73 Å². The number of carbonyl (C=O) groups is 2. The van der Waals surface area contributed by atoms with Crippen LogP contribution in [0.25, 0.3) is 0 Å². The molecule has 0 aliphatic carbocycles. The molecular weight excluding hydrogens is 236 g/mol. The molecule has 1 saturated heterocycles. The van der Waals surface area contributed by atoms with Gasteiger partial charge >= 0.3 is 5.97 Å². The Morgan fingerprint density at radius 1 is 1.56 bits per heavy atom. The number of nitrogens with two attached hydrogens (primary N) is 1. The van der Waals surface area contributed by atoms with Crippen LogP contribution in [0.5, 0.6) is 0 Å². The fourth-order valence-corrected chi connectivity index (χ4v) is 2.19. The van der Waals surface area contributed by atoms with E-state index >= 15 is 0 Å². The lowest BCUT2D eigenvalue weighted by Crippen LogP contribution is -2.58. The van der Waals surface area contributed by atoms with Crippen molar-refractivity contribution in [3.63, 3.8) is 0 Å². The first-order chi connectivity index (χ1) is 8.61. The van der Waals surface area contributed by atoms with E-state index in [9.17, 15) is 9.59 Å². The van der Waals surface area contributed by atoms with Gasteiger partial charge in [-0.3, -0.25) is 14.5 Å². The van der Waals surface area contributed by atoms with E-state index in [1.807, 2.05) is 4.90 Å². The second-order valence-corrected chi connectivity index (χ2v) is 4.41. The molecule has 0 aromatic carbocycles. The van der Waals surface area contributed by atoms with Crippen LogP contribution in [0.3, 0.4) is 0 Å². The maximum absolute atomic E-state index is 11.8. The number of amides is 1. The largest absolute Gasteiger partial charge is 0.468 e. The molecule has 104 valence electrons. The zero-order valence-corrected chi connectivity index (χ0v) is 11.1. The Morgan fingerprint density at radius 3 is 2.83 bits per heavy atom. The highest BCUT2D eigenvalue weighted by Crippen LogP contribution is 2.17. The molecule has 0 aromatic heterocycles. The number of hydrogen-bond acceptors (Lipinski definition) is 5. The van der Waals surface area contributed by atoms with Gasteiger partial charge in [0.1, 0.15) is 12.1 Å². The van der Waals surface area contributed by atoms with Crippen molar-refractivity contribution >= 4 is 11.9 Å². The maximum Gasteiger partial charge on any atom is 0.323 e. The minimum atomic E-state index is -0.542. The number of nitrogens with zero attached hydrogens (tertiary/aromatic N) is 1. The number of rotatable bonds is 6. The third-order valence-electron chi connectivity index (χ3n) is 3.20. The van der Waals surface area contributed by atoms with Crippen LogP contribution in [0.2, 0.25) is 0 Å². The van der Waals surface area contributed by atoms with Gasteiger partial charge in [0.25, 0.3) is 0 Å². The van der Waals surface area contributed by atoms with E-state index < -0.39 is 18.0 Å². The lowest BCUT2D eigenvalue weighted by Gasteiger charge is -2.38. The smallest absolute Gasteiger partial charge is 0.323 e. The van der Waals surface area contributed by atoms with Crippen molar-refractivity contribution < 1.29 is 19.1 Å². The van der Waals surface area contributed by atoms with Crippen LogP contribution >= 0.6 is 0 Å². The van der Waals surface area contributed by atoms with Gasteiger partial charge in [-0.05, 0) is 6.42 Å². The predicted octanol–water partition coefficient (Wildman–Crippen LogP) is -0.0957. The number of esters is 1. The summed E-state index contributed by atoms with van der Waals surface area (Å²) in [5.41, 5.74) is 5.35. The zero-order valence-electron chi connectivity index (χ0n) is 11.1. The molecule has 6 nitrogen and oxygen atoms in total. The van der Waals surface area contributed by atoms with Gasteiger partial charge in [-0.15, -0.1) is 0 Å². The lowest BCUT2D eigenvalue weighted by molar-refractivity contribution is -0.153. The molecule has 6 heteroatoms. The van der Waals surface area contributed by atoms with Crippen LogP contribution in [0, 0.1) is 0 Å². The third kappa shape index (κ3) is 3.68. The fraction of sp³-hybridized carbons (Fsp3) is 0.833. The Kier molecular flexibility index (Phi) is 6.07. The fourth-order valence-electron chi connectivity index (χ4n) is 2.19. The van der Waals surface area contributed by atoms with Crippen LogP contribution in [-0.4, -0.2) is 55.7 Å². The minimum absolute atomic E-state index is 0.245. The number of hydrogen-bond donors (Lipinski definition) is 1. The molecular formula is C12H22N2O4. The molecule has 2 atom stereocenters. The zero-order chi connectivity index (χ0) is 13.5. The topological polar surface area (TPSA) is 81.9 Å². The van der Waals surface area contributed by atoms with Gasteiger partial charge in [0.05, 0.1) is 20.3 Å². The van der Waals surface area contributed by atoms with E-state index in [1.165, 1.54) is 7.11 Å².